The monoisotopic (exact) mass is 396 g/mol. The van der Waals surface area contributed by atoms with E-state index in [2.05, 4.69) is 10.2 Å². The highest BCUT2D eigenvalue weighted by molar-refractivity contribution is 5.94. The number of esters is 1. The number of benzene rings is 2. The van der Waals surface area contributed by atoms with E-state index in [0.717, 1.165) is 5.56 Å². The summed E-state index contributed by atoms with van der Waals surface area (Å²) in [6.07, 6.45) is -0.738. The number of carbonyl (C=O) groups excluding carboxylic acids is 2. The van der Waals surface area contributed by atoms with Crippen LogP contribution in [-0.4, -0.2) is 35.7 Å². The van der Waals surface area contributed by atoms with E-state index in [1.165, 1.54) is 14.0 Å². The Kier molecular flexibility index (Phi) is 6.23. The second kappa shape index (κ2) is 9.01. The molecular formula is C21H20N2O6. The van der Waals surface area contributed by atoms with Crippen LogP contribution in [0.1, 0.15) is 36.2 Å². The molecule has 0 aliphatic rings. The fraction of sp³-hybridized carbons (Fsp3) is 0.238. The lowest BCUT2D eigenvalue weighted by atomic mass is 10.1. The van der Waals surface area contributed by atoms with Crippen LogP contribution >= 0.6 is 0 Å². The van der Waals surface area contributed by atoms with Crippen LogP contribution in [-0.2, 0) is 9.53 Å². The highest BCUT2D eigenvalue weighted by Crippen LogP contribution is 2.28. The maximum absolute atomic E-state index is 12.1. The van der Waals surface area contributed by atoms with E-state index in [9.17, 15) is 9.59 Å². The standard InChI is InChI=1S/C21H20N2O6/c1-13(24)16-9-10-17(18(11-16)26-3)27-12-19(25)28-14(2)20-22-23-21(29-20)15-7-5-4-6-8-15/h4-11,14H,12H2,1-3H3/t14-/m1/s1. The number of ketones is 1. The highest BCUT2D eigenvalue weighted by atomic mass is 16.6. The molecule has 0 amide bonds. The minimum absolute atomic E-state index is 0.0995. The summed E-state index contributed by atoms with van der Waals surface area (Å²) < 4.78 is 21.5. The molecular weight excluding hydrogens is 376 g/mol. The first-order chi connectivity index (χ1) is 14.0. The number of hydrogen-bond acceptors (Lipinski definition) is 8. The van der Waals surface area contributed by atoms with Gasteiger partial charge in [-0.1, -0.05) is 18.2 Å². The van der Waals surface area contributed by atoms with Crippen LogP contribution in [0.25, 0.3) is 11.5 Å². The van der Waals surface area contributed by atoms with Crippen molar-refractivity contribution in [1.82, 2.24) is 10.2 Å². The van der Waals surface area contributed by atoms with Gasteiger partial charge in [-0.15, -0.1) is 10.2 Å². The predicted octanol–water partition coefficient (Wildman–Crippen LogP) is 3.63. The summed E-state index contributed by atoms with van der Waals surface area (Å²) in [5.41, 5.74) is 1.25. The van der Waals surface area contributed by atoms with Crippen molar-refractivity contribution < 1.29 is 28.2 Å². The van der Waals surface area contributed by atoms with Gasteiger partial charge in [0.15, 0.2) is 30.0 Å². The first-order valence-electron chi connectivity index (χ1n) is 8.88. The van der Waals surface area contributed by atoms with E-state index in [1.807, 2.05) is 30.3 Å². The van der Waals surface area contributed by atoms with Gasteiger partial charge in [0, 0.05) is 11.1 Å². The van der Waals surface area contributed by atoms with Crippen molar-refractivity contribution in [3.05, 3.63) is 60.0 Å². The zero-order valence-corrected chi connectivity index (χ0v) is 16.2. The van der Waals surface area contributed by atoms with E-state index < -0.39 is 12.1 Å². The van der Waals surface area contributed by atoms with Crippen LogP contribution in [0.5, 0.6) is 11.5 Å². The zero-order chi connectivity index (χ0) is 20.8. The molecule has 0 unspecified atom stereocenters. The molecule has 1 atom stereocenters. The number of hydrogen-bond donors (Lipinski definition) is 0. The largest absolute Gasteiger partial charge is 0.493 e. The third kappa shape index (κ3) is 4.98. The molecule has 0 spiro atoms. The molecule has 0 saturated carbocycles. The molecule has 3 aromatic rings. The Labute approximate surface area is 167 Å². The van der Waals surface area contributed by atoms with Crippen molar-refractivity contribution >= 4 is 11.8 Å². The lowest BCUT2D eigenvalue weighted by molar-refractivity contribution is -0.152. The summed E-state index contributed by atoms with van der Waals surface area (Å²) >= 11 is 0. The van der Waals surface area contributed by atoms with Crippen LogP contribution in [0.4, 0.5) is 0 Å². The van der Waals surface area contributed by atoms with Crippen molar-refractivity contribution in [2.24, 2.45) is 0 Å². The van der Waals surface area contributed by atoms with Crippen LogP contribution in [0.15, 0.2) is 52.9 Å². The average molecular weight is 396 g/mol. The number of rotatable bonds is 8. The normalized spacial score (nSPS) is 11.6. The Bertz CT molecular complexity index is 999. The third-order valence-electron chi connectivity index (χ3n) is 4.03. The van der Waals surface area contributed by atoms with Gasteiger partial charge in [-0.3, -0.25) is 4.79 Å². The minimum Gasteiger partial charge on any atom is -0.493 e. The van der Waals surface area contributed by atoms with Crippen LogP contribution in [0.3, 0.4) is 0 Å². The quantitative estimate of drug-likeness (QED) is 0.420. The Hall–Kier alpha value is -3.68. The van der Waals surface area contributed by atoms with Gasteiger partial charge in [-0.2, -0.15) is 0 Å². The summed E-state index contributed by atoms with van der Waals surface area (Å²) in [6, 6.07) is 14.0. The molecule has 3 rings (SSSR count). The maximum Gasteiger partial charge on any atom is 0.344 e. The molecule has 1 aromatic heterocycles. The lowest BCUT2D eigenvalue weighted by Crippen LogP contribution is -2.17. The van der Waals surface area contributed by atoms with Crippen molar-refractivity contribution in [3.63, 3.8) is 0 Å². The predicted molar refractivity (Wildman–Crippen MR) is 103 cm³/mol. The second-order valence-corrected chi connectivity index (χ2v) is 6.15. The minimum atomic E-state index is -0.738. The van der Waals surface area contributed by atoms with Crippen molar-refractivity contribution in [1.29, 1.82) is 0 Å². The number of aromatic nitrogens is 2. The van der Waals surface area contributed by atoms with Gasteiger partial charge in [0.1, 0.15) is 0 Å². The van der Waals surface area contributed by atoms with Crippen molar-refractivity contribution in [2.75, 3.05) is 13.7 Å². The molecule has 29 heavy (non-hydrogen) atoms. The summed E-state index contributed by atoms with van der Waals surface area (Å²) in [5.74, 6) is 0.483. The number of Topliss-reactive ketones (excluding diaryl/α,β-unsaturated/α-hetero) is 1. The Balaban J connectivity index is 1.58. The van der Waals surface area contributed by atoms with E-state index >= 15 is 0 Å². The number of methoxy groups -OCH3 is 1. The third-order valence-corrected chi connectivity index (χ3v) is 4.03. The van der Waals surface area contributed by atoms with Gasteiger partial charge >= 0.3 is 5.97 Å². The summed E-state index contributed by atoms with van der Waals surface area (Å²) in [5, 5.41) is 7.90. The van der Waals surface area contributed by atoms with Gasteiger partial charge in [-0.05, 0) is 44.2 Å². The summed E-state index contributed by atoms with van der Waals surface area (Å²) in [7, 11) is 1.45. The van der Waals surface area contributed by atoms with E-state index in [-0.39, 0.29) is 18.3 Å². The number of ether oxygens (including phenoxy) is 3. The first kappa shape index (κ1) is 20.1. The topological polar surface area (TPSA) is 101 Å². The Morgan fingerprint density at radius 3 is 2.52 bits per heavy atom. The van der Waals surface area contributed by atoms with Gasteiger partial charge in [0.05, 0.1) is 7.11 Å². The Morgan fingerprint density at radius 2 is 1.83 bits per heavy atom. The van der Waals surface area contributed by atoms with Gasteiger partial charge in [0.25, 0.3) is 5.89 Å². The molecule has 2 aromatic carbocycles. The average Bonchev–Trinajstić information content (AvgIpc) is 3.23. The number of nitrogens with zero attached hydrogens (tertiary/aromatic N) is 2. The second-order valence-electron chi connectivity index (χ2n) is 6.15. The fourth-order valence-electron chi connectivity index (χ4n) is 2.52. The van der Waals surface area contributed by atoms with Crippen molar-refractivity contribution in [2.45, 2.75) is 20.0 Å². The molecule has 8 heteroatoms. The first-order valence-corrected chi connectivity index (χ1v) is 8.88. The molecule has 0 N–H and O–H groups in total. The van der Waals surface area contributed by atoms with E-state index in [0.29, 0.717) is 23.0 Å². The molecule has 0 radical (unpaired) electrons. The SMILES string of the molecule is COc1cc(C(C)=O)ccc1OCC(=O)O[C@H](C)c1nnc(-c2ccccc2)o1. The smallest absolute Gasteiger partial charge is 0.344 e. The molecule has 0 saturated heterocycles. The molecule has 150 valence electrons. The zero-order valence-electron chi connectivity index (χ0n) is 16.2. The molecule has 0 aliphatic heterocycles. The number of carbonyl (C=O) groups is 2. The summed E-state index contributed by atoms with van der Waals surface area (Å²) in [6.45, 7) is 2.73. The van der Waals surface area contributed by atoms with Crippen LogP contribution < -0.4 is 9.47 Å². The van der Waals surface area contributed by atoms with E-state index in [1.54, 1.807) is 25.1 Å². The maximum atomic E-state index is 12.1. The summed E-state index contributed by atoms with van der Waals surface area (Å²) in [4.78, 5) is 23.6. The van der Waals surface area contributed by atoms with Gasteiger partial charge < -0.3 is 18.6 Å². The fourth-order valence-corrected chi connectivity index (χ4v) is 2.52. The van der Waals surface area contributed by atoms with E-state index in [4.69, 9.17) is 18.6 Å². The van der Waals surface area contributed by atoms with Crippen molar-refractivity contribution in [3.8, 4) is 23.0 Å². The molecule has 8 nitrogen and oxygen atoms in total. The van der Waals surface area contributed by atoms with Crippen LogP contribution in [0.2, 0.25) is 0 Å². The lowest BCUT2D eigenvalue weighted by Gasteiger charge is -2.13. The molecule has 0 aliphatic carbocycles. The molecule has 1 heterocycles. The van der Waals surface area contributed by atoms with Crippen LogP contribution in [0, 0.1) is 0 Å². The molecule has 0 bridgehead atoms. The highest BCUT2D eigenvalue weighted by Gasteiger charge is 2.20. The van der Waals surface area contributed by atoms with Gasteiger partial charge in [-0.25, -0.2) is 4.79 Å². The molecule has 0 fully saturated rings. The Morgan fingerprint density at radius 1 is 1.07 bits per heavy atom. The van der Waals surface area contributed by atoms with Gasteiger partial charge in [0.2, 0.25) is 5.89 Å².